The summed E-state index contributed by atoms with van der Waals surface area (Å²) in [5.74, 6) is -0.160. The van der Waals surface area contributed by atoms with Gasteiger partial charge in [0, 0.05) is 6.04 Å². The van der Waals surface area contributed by atoms with E-state index in [0.717, 1.165) is 5.56 Å². The Morgan fingerprint density at radius 3 is 2.38 bits per heavy atom. The summed E-state index contributed by atoms with van der Waals surface area (Å²) in [7, 11) is 0. The van der Waals surface area contributed by atoms with Crippen molar-refractivity contribution in [2.45, 2.75) is 65.3 Å². The summed E-state index contributed by atoms with van der Waals surface area (Å²) in [5.41, 5.74) is 0.329. The normalized spacial score (nSPS) is 23.9. The SMILES string of the molecule is C[C@@H]1C[C@H](C(=O)OCc2ccccc2)N(C(=O)OC(C)(C)C)[C@@H]1C. The van der Waals surface area contributed by atoms with Gasteiger partial charge in [-0.1, -0.05) is 37.3 Å². The highest BCUT2D eigenvalue weighted by atomic mass is 16.6. The molecule has 1 aromatic rings. The molecule has 2 rings (SSSR count). The number of amides is 1. The fraction of sp³-hybridized carbons (Fsp3) is 0.579. The standard InChI is InChI=1S/C19H27NO4/c1-13-11-16(17(21)23-12-15-9-7-6-8-10-15)20(14(13)2)18(22)24-19(3,4)5/h6-10,13-14,16H,11-12H2,1-5H3/t13-,14-,16-/m1/s1. The molecule has 1 aliphatic heterocycles. The summed E-state index contributed by atoms with van der Waals surface area (Å²) in [6, 6.07) is 8.86. The van der Waals surface area contributed by atoms with E-state index in [0.29, 0.717) is 6.42 Å². The highest BCUT2D eigenvalue weighted by Crippen LogP contribution is 2.32. The summed E-state index contributed by atoms with van der Waals surface area (Å²) in [4.78, 5) is 26.6. The monoisotopic (exact) mass is 333 g/mol. The van der Waals surface area contributed by atoms with Crippen LogP contribution in [0.15, 0.2) is 30.3 Å². The van der Waals surface area contributed by atoms with E-state index in [9.17, 15) is 9.59 Å². The van der Waals surface area contributed by atoms with Gasteiger partial charge < -0.3 is 9.47 Å². The molecule has 1 amide bonds. The highest BCUT2D eigenvalue weighted by Gasteiger charge is 2.45. The Morgan fingerprint density at radius 1 is 1.17 bits per heavy atom. The number of hydrogen-bond donors (Lipinski definition) is 0. The van der Waals surface area contributed by atoms with E-state index < -0.39 is 17.7 Å². The number of benzene rings is 1. The maximum Gasteiger partial charge on any atom is 0.411 e. The lowest BCUT2D eigenvalue weighted by molar-refractivity contribution is -0.150. The molecule has 5 nitrogen and oxygen atoms in total. The molecule has 0 unspecified atom stereocenters. The molecule has 132 valence electrons. The van der Waals surface area contributed by atoms with E-state index in [1.165, 1.54) is 4.90 Å². The molecular formula is C19H27NO4. The number of nitrogens with zero attached hydrogens (tertiary/aromatic N) is 1. The predicted octanol–water partition coefficient (Wildman–Crippen LogP) is 3.76. The highest BCUT2D eigenvalue weighted by molar-refractivity contribution is 5.82. The van der Waals surface area contributed by atoms with E-state index in [1.54, 1.807) is 0 Å². The van der Waals surface area contributed by atoms with Gasteiger partial charge in [0.1, 0.15) is 18.2 Å². The minimum Gasteiger partial charge on any atom is -0.459 e. The number of carbonyl (C=O) groups is 2. The van der Waals surface area contributed by atoms with Crippen molar-refractivity contribution in [2.75, 3.05) is 0 Å². The number of likely N-dealkylation sites (tertiary alicyclic amines) is 1. The second-order valence-electron chi connectivity index (χ2n) is 7.45. The molecule has 0 saturated carbocycles. The van der Waals surface area contributed by atoms with Crippen LogP contribution in [-0.2, 0) is 20.9 Å². The van der Waals surface area contributed by atoms with Crippen molar-refractivity contribution < 1.29 is 19.1 Å². The second kappa shape index (κ2) is 7.24. The van der Waals surface area contributed by atoms with Crippen LogP contribution in [0.3, 0.4) is 0 Å². The van der Waals surface area contributed by atoms with Crippen LogP contribution in [0, 0.1) is 5.92 Å². The summed E-state index contributed by atoms with van der Waals surface area (Å²) >= 11 is 0. The molecule has 3 atom stereocenters. The first-order valence-corrected chi connectivity index (χ1v) is 8.41. The summed E-state index contributed by atoms with van der Waals surface area (Å²) in [6.07, 6.45) is 0.134. The Balaban J connectivity index is 2.05. The third-order valence-electron chi connectivity index (χ3n) is 4.29. The number of carbonyl (C=O) groups excluding carboxylic acids is 2. The predicted molar refractivity (Wildman–Crippen MR) is 91.3 cm³/mol. The van der Waals surface area contributed by atoms with Crippen molar-refractivity contribution in [1.29, 1.82) is 0 Å². The molecule has 0 radical (unpaired) electrons. The molecule has 5 heteroatoms. The molecule has 1 fully saturated rings. The van der Waals surface area contributed by atoms with Gasteiger partial charge in [0.2, 0.25) is 0 Å². The van der Waals surface area contributed by atoms with Gasteiger partial charge in [0.05, 0.1) is 0 Å². The first-order valence-electron chi connectivity index (χ1n) is 8.41. The van der Waals surface area contributed by atoms with Gasteiger partial charge in [-0.3, -0.25) is 4.90 Å². The zero-order valence-corrected chi connectivity index (χ0v) is 15.1. The van der Waals surface area contributed by atoms with Gasteiger partial charge >= 0.3 is 12.1 Å². The van der Waals surface area contributed by atoms with E-state index in [-0.39, 0.29) is 24.5 Å². The van der Waals surface area contributed by atoms with Crippen molar-refractivity contribution in [2.24, 2.45) is 5.92 Å². The van der Waals surface area contributed by atoms with Crippen LogP contribution in [-0.4, -0.2) is 34.6 Å². The molecule has 1 heterocycles. The Kier molecular flexibility index (Phi) is 5.52. The van der Waals surface area contributed by atoms with Crippen molar-refractivity contribution in [3.63, 3.8) is 0 Å². The Morgan fingerprint density at radius 2 is 1.79 bits per heavy atom. The Labute approximate surface area is 143 Å². The maximum absolute atomic E-state index is 12.5. The van der Waals surface area contributed by atoms with Gasteiger partial charge in [-0.15, -0.1) is 0 Å². The van der Waals surface area contributed by atoms with Crippen LogP contribution in [0.25, 0.3) is 0 Å². The third kappa shape index (κ3) is 4.49. The molecule has 1 aliphatic rings. The average molecular weight is 333 g/mol. The maximum atomic E-state index is 12.5. The lowest BCUT2D eigenvalue weighted by Crippen LogP contribution is -2.47. The lowest BCUT2D eigenvalue weighted by Gasteiger charge is -2.30. The molecule has 1 aromatic carbocycles. The van der Waals surface area contributed by atoms with Crippen LogP contribution in [0.2, 0.25) is 0 Å². The molecule has 0 N–H and O–H groups in total. The summed E-state index contributed by atoms with van der Waals surface area (Å²) in [5, 5.41) is 0. The third-order valence-corrected chi connectivity index (χ3v) is 4.29. The molecular weight excluding hydrogens is 306 g/mol. The molecule has 24 heavy (non-hydrogen) atoms. The minimum absolute atomic E-state index is 0.0610. The topological polar surface area (TPSA) is 55.8 Å². The number of hydrogen-bond acceptors (Lipinski definition) is 4. The quantitative estimate of drug-likeness (QED) is 0.790. The van der Waals surface area contributed by atoms with Gasteiger partial charge in [-0.05, 0) is 45.6 Å². The van der Waals surface area contributed by atoms with Crippen LogP contribution >= 0.6 is 0 Å². The number of ether oxygens (including phenoxy) is 2. The van der Waals surface area contributed by atoms with Crippen molar-refractivity contribution in [3.8, 4) is 0 Å². The van der Waals surface area contributed by atoms with Crippen molar-refractivity contribution >= 4 is 12.1 Å². The smallest absolute Gasteiger partial charge is 0.411 e. The van der Waals surface area contributed by atoms with Crippen molar-refractivity contribution in [3.05, 3.63) is 35.9 Å². The average Bonchev–Trinajstić information content (AvgIpc) is 2.80. The van der Waals surface area contributed by atoms with Crippen molar-refractivity contribution in [1.82, 2.24) is 4.90 Å². The van der Waals surface area contributed by atoms with Crippen LogP contribution in [0.5, 0.6) is 0 Å². The zero-order valence-electron chi connectivity index (χ0n) is 15.1. The Hall–Kier alpha value is -2.04. The van der Waals surface area contributed by atoms with Crippen LogP contribution in [0.1, 0.15) is 46.6 Å². The van der Waals surface area contributed by atoms with Gasteiger partial charge in [0.25, 0.3) is 0 Å². The number of esters is 1. The Bertz CT molecular complexity index is 579. The zero-order chi connectivity index (χ0) is 17.9. The number of rotatable bonds is 3. The van der Waals surface area contributed by atoms with E-state index in [4.69, 9.17) is 9.47 Å². The molecule has 0 aliphatic carbocycles. The summed E-state index contributed by atoms with van der Waals surface area (Å²) in [6.45, 7) is 9.64. The van der Waals surface area contributed by atoms with E-state index >= 15 is 0 Å². The molecule has 0 spiro atoms. The minimum atomic E-state index is -0.596. The molecule has 0 aromatic heterocycles. The molecule has 0 bridgehead atoms. The largest absolute Gasteiger partial charge is 0.459 e. The van der Waals surface area contributed by atoms with Crippen LogP contribution < -0.4 is 0 Å². The van der Waals surface area contributed by atoms with Crippen LogP contribution in [0.4, 0.5) is 4.79 Å². The van der Waals surface area contributed by atoms with E-state index in [1.807, 2.05) is 65.0 Å². The lowest BCUT2D eigenvalue weighted by atomic mass is 10.0. The fourth-order valence-corrected chi connectivity index (χ4v) is 2.86. The summed E-state index contributed by atoms with van der Waals surface area (Å²) < 4.78 is 10.9. The van der Waals surface area contributed by atoms with Gasteiger partial charge in [-0.2, -0.15) is 0 Å². The fourth-order valence-electron chi connectivity index (χ4n) is 2.86. The first kappa shape index (κ1) is 18.3. The van der Waals surface area contributed by atoms with Gasteiger partial charge in [-0.25, -0.2) is 9.59 Å². The van der Waals surface area contributed by atoms with Gasteiger partial charge in [0.15, 0.2) is 0 Å². The second-order valence-corrected chi connectivity index (χ2v) is 7.45. The first-order chi connectivity index (χ1) is 11.2. The molecule has 1 saturated heterocycles. The van der Waals surface area contributed by atoms with E-state index in [2.05, 4.69) is 0 Å².